The SMILES string of the molecule is O=C(NS(=O)(=O)C(Oc1ccc(Cl)cc1Cl)[N+](=O)[O-])c1ccccc1. The molecule has 2 aromatic rings. The number of nitrogens with one attached hydrogen (secondary N) is 1. The summed E-state index contributed by atoms with van der Waals surface area (Å²) in [5, 5.41) is 11.2. The molecule has 132 valence electrons. The van der Waals surface area contributed by atoms with Crippen LogP contribution in [-0.2, 0) is 10.0 Å². The van der Waals surface area contributed by atoms with E-state index in [9.17, 15) is 23.3 Å². The number of benzene rings is 2. The molecule has 1 atom stereocenters. The first-order chi connectivity index (χ1) is 11.7. The molecule has 0 aromatic heterocycles. The smallest absolute Gasteiger partial charge is 0.415 e. The van der Waals surface area contributed by atoms with E-state index in [0.29, 0.717) is 0 Å². The Morgan fingerprint density at radius 3 is 2.36 bits per heavy atom. The van der Waals surface area contributed by atoms with Crippen LogP contribution in [0.15, 0.2) is 48.5 Å². The van der Waals surface area contributed by atoms with Crippen molar-refractivity contribution < 1.29 is 22.9 Å². The maximum atomic E-state index is 12.2. The molecule has 2 rings (SSSR count). The standard InChI is InChI=1S/C14H10Cl2N2O6S/c15-10-6-7-12(11(16)8-10)24-14(18(20)21)25(22,23)17-13(19)9-4-2-1-3-5-9/h1-8,14H,(H,17,19). The Morgan fingerprint density at radius 1 is 1.16 bits per heavy atom. The summed E-state index contributed by atoms with van der Waals surface area (Å²) in [6.45, 7) is 0. The summed E-state index contributed by atoms with van der Waals surface area (Å²) in [5.41, 5.74) is -2.57. The lowest BCUT2D eigenvalue weighted by Gasteiger charge is -2.14. The highest BCUT2D eigenvalue weighted by Crippen LogP contribution is 2.29. The number of nitro groups is 1. The number of sulfonamides is 1. The van der Waals surface area contributed by atoms with E-state index in [0.717, 1.165) is 0 Å². The molecular formula is C14H10Cl2N2O6S. The van der Waals surface area contributed by atoms with Crippen LogP contribution >= 0.6 is 23.2 Å². The Kier molecular flexibility index (Phi) is 5.83. The topological polar surface area (TPSA) is 116 Å². The van der Waals surface area contributed by atoms with Crippen LogP contribution in [0.4, 0.5) is 0 Å². The lowest BCUT2D eigenvalue weighted by atomic mass is 10.2. The zero-order valence-corrected chi connectivity index (χ0v) is 14.6. The maximum Gasteiger partial charge on any atom is 0.474 e. The number of ether oxygens (including phenoxy) is 1. The number of halogens is 2. The highest BCUT2D eigenvalue weighted by atomic mass is 35.5. The summed E-state index contributed by atoms with van der Waals surface area (Å²) in [6, 6.07) is 11.1. The molecule has 8 nitrogen and oxygen atoms in total. The molecule has 2 aromatic carbocycles. The van der Waals surface area contributed by atoms with Crippen molar-refractivity contribution in [3.05, 3.63) is 74.3 Å². The first-order valence-electron chi connectivity index (χ1n) is 6.57. The van der Waals surface area contributed by atoms with Gasteiger partial charge in [-0.1, -0.05) is 41.4 Å². The van der Waals surface area contributed by atoms with Crippen molar-refractivity contribution in [1.29, 1.82) is 0 Å². The van der Waals surface area contributed by atoms with Gasteiger partial charge in [0, 0.05) is 10.6 Å². The fourth-order valence-corrected chi connectivity index (χ4v) is 3.11. The third-order valence-corrected chi connectivity index (χ3v) is 4.63. The van der Waals surface area contributed by atoms with E-state index in [-0.39, 0.29) is 21.4 Å². The van der Waals surface area contributed by atoms with Gasteiger partial charge in [0.05, 0.1) is 9.95 Å². The van der Waals surface area contributed by atoms with Crippen LogP contribution in [0, 0.1) is 10.1 Å². The molecule has 0 aliphatic heterocycles. The van der Waals surface area contributed by atoms with E-state index >= 15 is 0 Å². The Labute approximate surface area is 152 Å². The molecule has 0 saturated carbocycles. The molecule has 0 radical (unpaired) electrons. The van der Waals surface area contributed by atoms with Crippen molar-refractivity contribution in [3.63, 3.8) is 0 Å². The summed E-state index contributed by atoms with van der Waals surface area (Å²) in [6.07, 6.45) is 0. The second-order valence-corrected chi connectivity index (χ2v) is 7.17. The molecule has 1 amide bonds. The van der Waals surface area contributed by atoms with E-state index in [4.69, 9.17) is 27.9 Å². The van der Waals surface area contributed by atoms with Gasteiger partial charge in [0.2, 0.25) is 0 Å². The molecule has 0 heterocycles. The largest absolute Gasteiger partial charge is 0.474 e. The van der Waals surface area contributed by atoms with Gasteiger partial charge in [-0.05, 0) is 30.3 Å². The number of carbonyl (C=O) groups excluding carboxylic acids is 1. The minimum Gasteiger partial charge on any atom is -0.415 e. The first-order valence-corrected chi connectivity index (χ1v) is 8.87. The molecule has 0 saturated heterocycles. The van der Waals surface area contributed by atoms with Gasteiger partial charge in [0.15, 0.2) is 0 Å². The fraction of sp³-hybridized carbons (Fsp3) is 0.0714. The summed E-state index contributed by atoms with van der Waals surface area (Å²) < 4.78 is 30.8. The number of rotatable bonds is 6. The maximum absolute atomic E-state index is 12.2. The Balaban J connectivity index is 2.26. The number of hydrogen-bond donors (Lipinski definition) is 1. The Morgan fingerprint density at radius 2 is 1.80 bits per heavy atom. The highest BCUT2D eigenvalue weighted by molar-refractivity contribution is 7.90. The molecule has 0 fully saturated rings. The van der Waals surface area contributed by atoms with Crippen molar-refractivity contribution in [2.75, 3.05) is 0 Å². The average molecular weight is 405 g/mol. The lowest BCUT2D eigenvalue weighted by molar-refractivity contribution is -0.534. The number of nitrogens with zero attached hydrogens (tertiary/aromatic N) is 1. The molecule has 1 unspecified atom stereocenters. The second-order valence-electron chi connectivity index (χ2n) is 4.63. The molecule has 0 aliphatic rings. The van der Waals surface area contributed by atoms with E-state index in [2.05, 4.69) is 0 Å². The molecular weight excluding hydrogens is 395 g/mol. The summed E-state index contributed by atoms with van der Waals surface area (Å²) >= 11 is 11.5. The third-order valence-electron chi connectivity index (χ3n) is 2.83. The van der Waals surface area contributed by atoms with Crippen LogP contribution < -0.4 is 9.46 Å². The van der Waals surface area contributed by atoms with E-state index in [1.807, 2.05) is 0 Å². The normalized spacial score (nSPS) is 12.2. The van der Waals surface area contributed by atoms with Crippen LogP contribution in [0.5, 0.6) is 5.75 Å². The minimum atomic E-state index is -4.81. The van der Waals surface area contributed by atoms with Crippen molar-refractivity contribution in [3.8, 4) is 5.75 Å². The number of amides is 1. The highest BCUT2D eigenvalue weighted by Gasteiger charge is 2.40. The molecule has 11 heteroatoms. The predicted octanol–water partition coefficient (Wildman–Crippen LogP) is 2.69. The van der Waals surface area contributed by atoms with Crippen molar-refractivity contribution >= 4 is 39.1 Å². The van der Waals surface area contributed by atoms with Gasteiger partial charge in [-0.2, -0.15) is 8.42 Å². The van der Waals surface area contributed by atoms with Gasteiger partial charge in [-0.15, -0.1) is 0 Å². The van der Waals surface area contributed by atoms with Gasteiger partial charge in [0.1, 0.15) is 5.75 Å². The van der Waals surface area contributed by atoms with E-state index < -0.39 is 26.4 Å². The van der Waals surface area contributed by atoms with Gasteiger partial charge in [-0.25, -0.2) is 4.72 Å². The van der Waals surface area contributed by atoms with Gasteiger partial charge in [-0.3, -0.25) is 14.9 Å². The van der Waals surface area contributed by atoms with Crippen LogP contribution in [0.3, 0.4) is 0 Å². The fourth-order valence-electron chi connectivity index (χ4n) is 1.73. The summed E-state index contributed by atoms with van der Waals surface area (Å²) in [7, 11) is -4.81. The van der Waals surface area contributed by atoms with Gasteiger partial charge < -0.3 is 4.74 Å². The van der Waals surface area contributed by atoms with E-state index in [1.54, 1.807) is 10.8 Å². The molecule has 25 heavy (non-hydrogen) atoms. The van der Waals surface area contributed by atoms with Gasteiger partial charge >= 0.3 is 15.6 Å². The monoisotopic (exact) mass is 404 g/mol. The molecule has 0 bridgehead atoms. The molecule has 0 spiro atoms. The van der Waals surface area contributed by atoms with Crippen molar-refractivity contribution in [2.24, 2.45) is 0 Å². The van der Waals surface area contributed by atoms with E-state index in [1.165, 1.54) is 42.5 Å². The minimum absolute atomic E-state index is 0.0118. The quantitative estimate of drug-likeness (QED) is 0.449. The van der Waals surface area contributed by atoms with Crippen molar-refractivity contribution in [2.45, 2.75) is 5.56 Å². The summed E-state index contributed by atoms with van der Waals surface area (Å²) in [5.74, 6) is -1.30. The number of carbonyl (C=O) groups is 1. The Hall–Kier alpha value is -2.36. The van der Waals surface area contributed by atoms with Crippen molar-refractivity contribution in [1.82, 2.24) is 4.72 Å². The number of hydrogen-bond acceptors (Lipinski definition) is 6. The zero-order valence-electron chi connectivity index (χ0n) is 12.3. The average Bonchev–Trinajstić information content (AvgIpc) is 2.53. The molecule has 1 N–H and O–H groups in total. The predicted molar refractivity (Wildman–Crippen MR) is 90.7 cm³/mol. The zero-order chi connectivity index (χ0) is 18.6. The Bertz CT molecular complexity index is 905. The van der Waals surface area contributed by atoms with Crippen LogP contribution in [0.1, 0.15) is 10.4 Å². The van der Waals surface area contributed by atoms with Crippen LogP contribution in [0.25, 0.3) is 0 Å². The molecule has 0 aliphatic carbocycles. The van der Waals surface area contributed by atoms with Gasteiger partial charge in [0.25, 0.3) is 5.91 Å². The third kappa shape index (κ3) is 4.81. The van der Waals surface area contributed by atoms with Crippen LogP contribution in [0.2, 0.25) is 10.0 Å². The lowest BCUT2D eigenvalue weighted by Crippen LogP contribution is -2.45. The summed E-state index contributed by atoms with van der Waals surface area (Å²) in [4.78, 5) is 21.9. The first kappa shape index (κ1) is 19.0. The van der Waals surface area contributed by atoms with Crippen LogP contribution in [-0.4, -0.2) is 24.8 Å². The second kappa shape index (κ2) is 7.68.